The van der Waals surface area contributed by atoms with E-state index in [2.05, 4.69) is 40.4 Å². The molecule has 2 aliphatic heterocycles. The summed E-state index contributed by atoms with van der Waals surface area (Å²) in [7, 11) is -4.36. The van der Waals surface area contributed by atoms with Crippen LogP contribution in [0.4, 0.5) is 24.8 Å². The van der Waals surface area contributed by atoms with Gasteiger partial charge in [-0.05, 0) is 65.8 Å². The summed E-state index contributed by atoms with van der Waals surface area (Å²) >= 11 is 0. The van der Waals surface area contributed by atoms with Crippen molar-refractivity contribution < 1.29 is 31.1 Å². The number of aryl methyl sites for hydroxylation is 1. The highest BCUT2D eigenvalue weighted by molar-refractivity contribution is 7.92. The predicted molar refractivity (Wildman–Crippen MR) is 209 cm³/mol. The third kappa shape index (κ3) is 9.28. The Balaban J connectivity index is 1.35. The maximum absolute atomic E-state index is 15.5. The Morgan fingerprint density at radius 1 is 0.929 bits per heavy atom. The van der Waals surface area contributed by atoms with Gasteiger partial charge >= 0.3 is 6.18 Å². The van der Waals surface area contributed by atoms with Gasteiger partial charge in [0.25, 0.3) is 10.0 Å². The van der Waals surface area contributed by atoms with E-state index in [-0.39, 0.29) is 16.9 Å². The molecule has 1 saturated carbocycles. The van der Waals surface area contributed by atoms with Gasteiger partial charge in [0, 0.05) is 31.0 Å². The molecule has 1 unspecified atom stereocenters. The summed E-state index contributed by atoms with van der Waals surface area (Å²) in [6, 6.07) is 12.1. The Morgan fingerprint density at radius 2 is 1.64 bits per heavy atom. The van der Waals surface area contributed by atoms with Gasteiger partial charge in [-0.15, -0.1) is 0 Å². The lowest BCUT2D eigenvalue weighted by Gasteiger charge is -2.33. The molecule has 2 atom stereocenters. The molecule has 3 aliphatic rings. The average Bonchev–Trinajstić information content (AvgIpc) is 3.15. The Hall–Kier alpha value is -4.30. The predicted octanol–water partition coefficient (Wildman–Crippen LogP) is 8.79. The van der Waals surface area contributed by atoms with E-state index >= 15 is 13.2 Å². The number of benzene rings is 2. The van der Waals surface area contributed by atoms with Crippen LogP contribution in [0.15, 0.2) is 59.8 Å². The SMILES string of the molecule is Cc1cccc(CC2CCCCC2)c1-c1nc2nc(c1C(F)(F)F)OC[C@@H](CC(C)(C)C)C(Cc1ncc(N3CCOCC3)cn1)c1cccc(c1)S(=O)(=O)N2. The summed E-state index contributed by atoms with van der Waals surface area (Å²) in [5, 5.41) is 0. The van der Waals surface area contributed by atoms with Crippen molar-refractivity contribution in [3.8, 4) is 17.1 Å². The number of alkyl halides is 3. The number of halogens is 3. The Labute approximate surface area is 327 Å². The molecule has 4 heterocycles. The molecule has 0 amide bonds. The average molecular weight is 793 g/mol. The minimum Gasteiger partial charge on any atom is -0.477 e. The molecule has 1 N–H and O–H groups in total. The molecule has 14 heteroatoms. The van der Waals surface area contributed by atoms with Gasteiger partial charge in [-0.1, -0.05) is 83.2 Å². The summed E-state index contributed by atoms with van der Waals surface area (Å²) in [6.45, 7) is 10.5. The van der Waals surface area contributed by atoms with Crippen molar-refractivity contribution in [2.24, 2.45) is 17.3 Å². The van der Waals surface area contributed by atoms with Gasteiger partial charge in [-0.25, -0.2) is 28.1 Å². The first-order valence-electron chi connectivity index (χ1n) is 19.6. The number of morpholine rings is 1. The highest BCUT2D eigenvalue weighted by Crippen LogP contribution is 2.46. The fraction of sp³-hybridized carbons (Fsp3) is 0.524. The minimum atomic E-state index is -4.93. The molecule has 1 aliphatic carbocycles. The fourth-order valence-electron chi connectivity index (χ4n) is 8.54. The van der Waals surface area contributed by atoms with Crippen molar-refractivity contribution >= 4 is 21.7 Å². The van der Waals surface area contributed by atoms with E-state index in [1.807, 2.05) is 18.2 Å². The van der Waals surface area contributed by atoms with E-state index < -0.39 is 51.1 Å². The number of fused-ring (bicyclic) bond motifs is 4. The Morgan fingerprint density at radius 3 is 2.34 bits per heavy atom. The van der Waals surface area contributed by atoms with E-state index in [4.69, 9.17) is 19.4 Å². The van der Waals surface area contributed by atoms with Gasteiger partial charge in [0.1, 0.15) is 11.4 Å². The van der Waals surface area contributed by atoms with Crippen molar-refractivity contribution in [2.75, 3.05) is 42.5 Å². The number of hydrogen-bond donors (Lipinski definition) is 1. The van der Waals surface area contributed by atoms with Gasteiger partial charge in [-0.2, -0.15) is 18.2 Å². The summed E-state index contributed by atoms with van der Waals surface area (Å²) in [5.41, 5.74) is 1.42. The molecule has 1 saturated heterocycles. The Kier molecular flexibility index (Phi) is 11.6. The van der Waals surface area contributed by atoms with E-state index in [0.29, 0.717) is 60.9 Å². The van der Waals surface area contributed by atoms with Crippen LogP contribution < -0.4 is 14.4 Å². The molecule has 2 aromatic carbocycles. The monoisotopic (exact) mass is 792 g/mol. The van der Waals surface area contributed by atoms with Crippen LogP contribution in [0.1, 0.15) is 93.3 Å². The van der Waals surface area contributed by atoms with Crippen molar-refractivity contribution in [2.45, 2.75) is 96.1 Å². The van der Waals surface area contributed by atoms with Gasteiger partial charge in [0.2, 0.25) is 11.8 Å². The van der Waals surface area contributed by atoms with Crippen molar-refractivity contribution in [3.05, 3.63) is 82.9 Å². The fourth-order valence-corrected chi connectivity index (χ4v) is 9.54. The number of nitrogens with zero attached hydrogens (tertiary/aromatic N) is 5. The number of sulfonamides is 1. The third-order valence-corrected chi connectivity index (χ3v) is 12.5. The van der Waals surface area contributed by atoms with E-state index in [1.54, 1.807) is 37.5 Å². The van der Waals surface area contributed by atoms with Crippen LogP contribution in [-0.2, 0) is 33.8 Å². The van der Waals surface area contributed by atoms with Crippen LogP contribution in [0.5, 0.6) is 5.88 Å². The van der Waals surface area contributed by atoms with Crippen LogP contribution in [0.3, 0.4) is 0 Å². The number of aromatic nitrogens is 4. The number of anilines is 2. The molecule has 300 valence electrons. The van der Waals surface area contributed by atoms with E-state index in [9.17, 15) is 8.42 Å². The standard InChI is InChI=1S/C42H51F3N6O4S/c1-27-10-8-14-30(20-28-11-6-5-7-12-28)36(27)38-37(42(43,44)45)39-49-40(48-38)50-56(52,53)33-15-9-13-29(21-33)34(31(26-55-39)23-41(2,3)4)22-35-46-24-32(25-47-35)51-16-18-54-19-17-51/h8-10,13-15,21,24-25,28,31,34H,5-7,11-12,16-20,22-23,26H2,1-4H3,(H,48,49,50)/t31-,34?/m1/s1. The quantitative estimate of drug-likeness (QED) is 0.196. The van der Waals surface area contributed by atoms with Crippen molar-refractivity contribution in [1.82, 2.24) is 19.9 Å². The Bertz CT molecular complexity index is 2110. The van der Waals surface area contributed by atoms with Crippen molar-refractivity contribution in [3.63, 3.8) is 0 Å². The molecule has 4 aromatic rings. The van der Waals surface area contributed by atoms with Gasteiger partial charge < -0.3 is 14.4 Å². The van der Waals surface area contributed by atoms with Crippen LogP contribution in [0.25, 0.3) is 11.3 Å². The molecule has 0 spiro atoms. The third-order valence-electron chi connectivity index (χ3n) is 11.2. The summed E-state index contributed by atoms with van der Waals surface area (Å²) in [4.78, 5) is 20.1. The molecule has 10 nitrogen and oxygen atoms in total. The maximum atomic E-state index is 15.5. The topological polar surface area (TPSA) is 119 Å². The molecule has 4 bridgehead atoms. The van der Waals surface area contributed by atoms with Crippen LogP contribution in [-0.4, -0.2) is 61.3 Å². The first kappa shape index (κ1) is 39.9. The maximum Gasteiger partial charge on any atom is 0.423 e. The molecule has 0 radical (unpaired) electrons. The van der Waals surface area contributed by atoms with Crippen molar-refractivity contribution in [1.29, 1.82) is 0 Å². The van der Waals surface area contributed by atoms with E-state index in [0.717, 1.165) is 56.4 Å². The molecular weight excluding hydrogens is 742 g/mol. The summed E-state index contributed by atoms with van der Waals surface area (Å²) in [5.74, 6) is -1.16. The van der Waals surface area contributed by atoms with Crippen LogP contribution in [0.2, 0.25) is 0 Å². The molecule has 2 fully saturated rings. The van der Waals surface area contributed by atoms with Gasteiger partial charge in [0.15, 0.2) is 0 Å². The van der Waals surface area contributed by atoms with Crippen LogP contribution in [0, 0.1) is 24.2 Å². The second-order valence-corrected chi connectivity index (χ2v) is 18.4. The lowest BCUT2D eigenvalue weighted by molar-refractivity contribution is -0.139. The largest absolute Gasteiger partial charge is 0.477 e. The molecule has 7 rings (SSSR count). The second-order valence-electron chi connectivity index (χ2n) is 16.7. The molecule has 56 heavy (non-hydrogen) atoms. The highest BCUT2D eigenvalue weighted by Gasteiger charge is 2.42. The lowest BCUT2D eigenvalue weighted by atomic mass is 9.75. The minimum absolute atomic E-state index is 0.0555. The van der Waals surface area contributed by atoms with Crippen LogP contribution >= 0.6 is 0 Å². The normalized spacial score (nSPS) is 20.7. The van der Waals surface area contributed by atoms with E-state index in [1.165, 1.54) is 6.07 Å². The zero-order valence-corrected chi connectivity index (χ0v) is 33.3. The zero-order valence-electron chi connectivity index (χ0n) is 32.5. The first-order chi connectivity index (χ1) is 26.6. The second kappa shape index (κ2) is 16.3. The van der Waals surface area contributed by atoms with Gasteiger partial charge in [-0.3, -0.25) is 0 Å². The first-order valence-corrected chi connectivity index (χ1v) is 21.1. The number of ether oxygens (including phenoxy) is 2. The smallest absolute Gasteiger partial charge is 0.423 e. The number of nitrogens with one attached hydrogen (secondary N) is 1. The lowest BCUT2D eigenvalue weighted by Crippen LogP contribution is -2.36. The van der Waals surface area contributed by atoms with Gasteiger partial charge in [0.05, 0.1) is 48.5 Å². The molecular formula is C42H51F3N6O4S. The zero-order chi connectivity index (χ0) is 39.7. The number of rotatable bonds is 7. The number of hydrogen-bond acceptors (Lipinski definition) is 9. The summed E-state index contributed by atoms with van der Waals surface area (Å²) < 4.78 is 88.9. The molecule has 2 aromatic heterocycles. The summed E-state index contributed by atoms with van der Waals surface area (Å²) in [6.07, 6.45) is 5.37. The highest BCUT2D eigenvalue weighted by atomic mass is 32.2.